The van der Waals surface area contributed by atoms with Gasteiger partial charge in [0.25, 0.3) is 5.91 Å². The van der Waals surface area contributed by atoms with Gasteiger partial charge >= 0.3 is 5.97 Å². The van der Waals surface area contributed by atoms with E-state index in [0.717, 1.165) is 21.7 Å². The number of nitrogens with one attached hydrogen (secondary N) is 1. The maximum Gasteiger partial charge on any atom is 0.336 e. The van der Waals surface area contributed by atoms with Crippen LogP contribution in [0.4, 0.5) is 11.4 Å². The van der Waals surface area contributed by atoms with Gasteiger partial charge in [-0.25, -0.2) is 13.2 Å². The zero-order valence-corrected chi connectivity index (χ0v) is 17.2. The molecule has 0 radical (unpaired) electrons. The van der Waals surface area contributed by atoms with E-state index in [1.807, 2.05) is 30.3 Å². The number of aromatic carboxylic acids is 1. The van der Waals surface area contributed by atoms with E-state index >= 15 is 0 Å². The third kappa shape index (κ3) is 4.49. The Morgan fingerprint density at radius 1 is 0.867 bits per heavy atom. The van der Waals surface area contributed by atoms with Crippen LogP contribution in [0.3, 0.4) is 0 Å². The fourth-order valence-electron chi connectivity index (χ4n) is 2.96. The average molecular weight is 424 g/mol. The lowest BCUT2D eigenvalue weighted by atomic mass is 10.0. The van der Waals surface area contributed by atoms with Gasteiger partial charge in [-0.1, -0.05) is 48.5 Å². The second-order valence-corrected chi connectivity index (χ2v) is 8.65. The smallest absolute Gasteiger partial charge is 0.336 e. The number of carbonyl (C=O) groups is 2. The summed E-state index contributed by atoms with van der Waals surface area (Å²) in [6.45, 7) is 0. The average Bonchev–Trinajstić information content (AvgIpc) is 2.73. The number of carboxylic acids is 1. The number of nitrogens with zero attached hydrogens (tertiary/aromatic N) is 1. The molecule has 0 unspecified atom stereocenters. The summed E-state index contributed by atoms with van der Waals surface area (Å²) in [5, 5.41) is 12.0. The highest BCUT2D eigenvalue weighted by Gasteiger charge is 2.21. The minimum atomic E-state index is -3.59. The molecule has 8 heteroatoms. The number of carboxylic acid groups (broad SMARTS) is 1. The van der Waals surface area contributed by atoms with Crippen LogP contribution < -0.4 is 9.62 Å². The first-order chi connectivity index (χ1) is 14.2. The van der Waals surface area contributed by atoms with Crippen LogP contribution in [-0.4, -0.2) is 38.7 Å². The molecular formula is C22H20N2O5S. The Labute approximate surface area is 174 Å². The third-order valence-electron chi connectivity index (χ3n) is 4.59. The monoisotopic (exact) mass is 424 g/mol. The molecule has 2 N–H and O–H groups in total. The van der Waals surface area contributed by atoms with E-state index < -0.39 is 21.9 Å². The molecule has 1 amide bonds. The number of carbonyl (C=O) groups excluding carboxylic acids is 1. The van der Waals surface area contributed by atoms with Gasteiger partial charge in [0.15, 0.2) is 0 Å². The van der Waals surface area contributed by atoms with Crippen molar-refractivity contribution in [2.75, 3.05) is 22.9 Å². The molecule has 3 aromatic carbocycles. The highest BCUT2D eigenvalue weighted by atomic mass is 32.2. The van der Waals surface area contributed by atoms with E-state index in [-0.39, 0.29) is 22.5 Å². The van der Waals surface area contributed by atoms with Gasteiger partial charge in [-0.2, -0.15) is 0 Å². The van der Waals surface area contributed by atoms with Crippen molar-refractivity contribution in [2.24, 2.45) is 0 Å². The molecule has 0 bridgehead atoms. The molecule has 0 saturated heterocycles. The summed E-state index contributed by atoms with van der Waals surface area (Å²) in [6, 6.07) is 20.2. The maximum atomic E-state index is 12.9. The zero-order valence-electron chi connectivity index (χ0n) is 16.4. The summed E-state index contributed by atoms with van der Waals surface area (Å²) in [6.07, 6.45) is 1.06. The minimum absolute atomic E-state index is 0.0249. The van der Waals surface area contributed by atoms with E-state index in [2.05, 4.69) is 5.32 Å². The molecule has 154 valence electrons. The van der Waals surface area contributed by atoms with Gasteiger partial charge in [0.2, 0.25) is 10.0 Å². The van der Waals surface area contributed by atoms with Gasteiger partial charge in [-0.15, -0.1) is 0 Å². The molecule has 0 aliphatic rings. The van der Waals surface area contributed by atoms with Crippen LogP contribution in [0.1, 0.15) is 20.7 Å². The van der Waals surface area contributed by atoms with Crippen molar-refractivity contribution in [2.45, 2.75) is 0 Å². The molecular weight excluding hydrogens is 404 g/mol. The molecule has 0 aromatic heterocycles. The molecule has 0 fully saturated rings. The van der Waals surface area contributed by atoms with Crippen molar-refractivity contribution in [3.05, 3.63) is 83.9 Å². The standard InChI is InChI=1S/C22H20N2O5S/c1-24(30(2,28)29)20-13-12-16(15-8-4-3-5-9-15)14-19(20)23-21(25)17-10-6-7-11-18(17)22(26)27/h3-14H,1-2H3,(H,23,25)(H,26,27). The Bertz CT molecular complexity index is 1210. The topological polar surface area (TPSA) is 104 Å². The fraction of sp³-hybridized carbons (Fsp3) is 0.0909. The molecule has 0 atom stereocenters. The van der Waals surface area contributed by atoms with Crippen molar-refractivity contribution < 1.29 is 23.1 Å². The summed E-state index contributed by atoms with van der Waals surface area (Å²) in [5.74, 6) is -1.88. The zero-order chi connectivity index (χ0) is 21.9. The molecule has 0 aliphatic heterocycles. The second-order valence-electron chi connectivity index (χ2n) is 6.63. The van der Waals surface area contributed by atoms with Crippen LogP contribution >= 0.6 is 0 Å². The molecule has 3 aromatic rings. The van der Waals surface area contributed by atoms with E-state index in [4.69, 9.17) is 0 Å². The maximum absolute atomic E-state index is 12.9. The molecule has 3 rings (SSSR count). The molecule has 0 spiro atoms. The van der Waals surface area contributed by atoms with Crippen LogP contribution in [-0.2, 0) is 10.0 Å². The molecule has 0 heterocycles. The Hall–Kier alpha value is -3.65. The number of sulfonamides is 1. The van der Waals surface area contributed by atoms with Crippen LogP contribution in [0.5, 0.6) is 0 Å². The number of hydrogen-bond donors (Lipinski definition) is 2. The number of hydrogen-bond acceptors (Lipinski definition) is 4. The van der Waals surface area contributed by atoms with Crippen molar-refractivity contribution in [3.63, 3.8) is 0 Å². The highest BCUT2D eigenvalue weighted by molar-refractivity contribution is 7.92. The predicted molar refractivity (Wildman–Crippen MR) is 116 cm³/mol. The van der Waals surface area contributed by atoms with Gasteiger partial charge in [0, 0.05) is 7.05 Å². The van der Waals surface area contributed by atoms with Crippen molar-refractivity contribution >= 4 is 33.3 Å². The van der Waals surface area contributed by atoms with E-state index in [1.54, 1.807) is 24.3 Å². The second kappa shape index (κ2) is 8.38. The summed E-state index contributed by atoms with van der Waals surface area (Å²) in [4.78, 5) is 24.3. The van der Waals surface area contributed by atoms with Crippen LogP contribution in [0.15, 0.2) is 72.8 Å². The normalized spacial score (nSPS) is 11.0. The Morgan fingerprint density at radius 2 is 1.47 bits per heavy atom. The van der Waals surface area contributed by atoms with E-state index in [9.17, 15) is 23.1 Å². The van der Waals surface area contributed by atoms with Gasteiger partial charge in [0.1, 0.15) is 0 Å². The van der Waals surface area contributed by atoms with Gasteiger partial charge in [-0.3, -0.25) is 9.10 Å². The number of anilines is 2. The molecule has 0 saturated carbocycles. The van der Waals surface area contributed by atoms with Crippen molar-refractivity contribution in [1.82, 2.24) is 0 Å². The van der Waals surface area contributed by atoms with Crippen LogP contribution in [0.2, 0.25) is 0 Å². The molecule has 0 aliphatic carbocycles. The summed E-state index contributed by atoms with van der Waals surface area (Å²) >= 11 is 0. The summed E-state index contributed by atoms with van der Waals surface area (Å²) in [5.41, 5.74) is 1.98. The number of benzene rings is 3. The number of rotatable bonds is 6. The lowest BCUT2D eigenvalue weighted by Gasteiger charge is -2.21. The Kier molecular flexibility index (Phi) is 5.89. The van der Waals surface area contributed by atoms with Gasteiger partial charge in [-0.05, 0) is 35.4 Å². The summed E-state index contributed by atoms with van der Waals surface area (Å²) < 4.78 is 25.2. The highest BCUT2D eigenvalue weighted by Crippen LogP contribution is 2.32. The minimum Gasteiger partial charge on any atom is -0.478 e. The van der Waals surface area contributed by atoms with E-state index in [1.165, 1.54) is 25.2 Å². The molecule has 7 nitrogen and oxygen atoms in total. The van der Waals surface area contributed by atoms with Gasteiger partial charge in [0.05, 0.1) is 28.8 Å². The first kappa shape index (κ1) is 21.1. The largest absolute Gasteiger partial charge is 0.478 e. The van der Waals surface area contributed by atoms with Crippen molar-refractivity contribution in [3.8, 4) is 11.1 Å². The lowest BCUT2D eigenvalue weighted by molar-refractivity contribution is 0.0692. The third-order valence-corrected chi connectivity index (χ3v) is 5.78. The lowest BCUT2D eigenvalue weighted by Crippen LogP contribution is -2.26. The van der Waals surface area contributed by atoms with Crippen LogP contribution in [0.25, 0.3) is 11.1 Å². The van der Waals surface area contributed by atoms with E-state index in [0.29, 0.717) is 0 Å². The first-order valence-electron chi connectivity index (χ1n) is 8.95. The predicted octanol–water partition coefficient (Wildman–Crippen LogP) is 3.70. The first-order valence-corrected chi connectivity index (χ1v) is 10.8. The Balaban J connectivity index is 2.09. The number of amides is 1. The Morgan fingerprint density at radius 3 is 2.07 bits per heavy atom. The fourth-order valence-corrected chi connectivity index (χ4v) is 3.47. The SMILES string of the molecule is CN(c1ccc(-c2ccccc2)cc1NC(=O)c1ccccc1C(=O)O)S(C)(=O)=O. The quantitative estimate of drug-likeness (QED) is 0.628. The van der Waals surface area contributed by atoms with Gasteiger partial charge < -0.3 is 10.4 Å². The van der Waals surface area contributed by atoms with Crippen LogP contribution in [0, 0.1) is 0 Å². The summed E-state index contributed by atoms with van der Waals surface area (Å²) in [7, 11) is -2.21. The van der Waals surface area contributed by atoms with Crippen molar-refractivity contribution in [1.29, 1.82) is 0 Å². The molecule has 30 heavy (non-hydrogen) atoms.